The quantitative estimate of drug-likeness (QED) is 0.500. The summed E-state index contributed by atoms with van der Waals surface area (Å²) in [4.78, 5) is 4.91. The third kappa shape index (κ3) is 2.60. The van der Waals surface area contributed by atoms with Crippen LogP contribution in [-0.2, 0) is 0 Å². The average molecular weight is 377 g/mol. The summed E-state index contributed by atoms with van der Waals surface area (Å²) in [5.74, 6) is 0.283. The minimum absolute atomic E-state index is 0.283. The number of hydrogen-bond acceptors (Lipinski definition) is 3. The Morgan fingerprint density at radius 2 is 1.71 bits per heavy atom. The van der Waals surface area contributed by atoms with Gasteiger partial charge in [0.25, 0.3) is 0 Å². The van der Waals surface area contributed by atoms with E-state index in [4.69, 9.17) is 10.1 Å². The number of rotatable bonds is 4. The summed E-state index contributed by atoms with van der Waals surface area (Å²) in [7, 11) is 0. The van der Waals surface area contributed by atoms with Crippen molar-refractivity contribution >= 4 is 16.7 Å². The number of aromatic hydroxyl groups is 1. The van der Waals surface area contributed by atoms with Crippen molar-refractivity contribution in [2.45, 2.75) is 60.4 Å². The van der Waals surface area contributed by atoms with Crippen LogP contribution >= 0.6 is 0 Å². The number of hydrogen-bond donors (Lipinski definition) is 1. The Morgan fingerprint density at radius 1 is 1.00 bits per heavy atom. The fraction of sp³-hybridized carbons (Fsp3) is 0.391. The molecule has 1 aromatic carbocycles. The Balaban J connectivity index is 2.12. The van der Waals surface area contributed by atoms with Gasteiger partial charge in [-0.3, -0.25) is 0 Å². The number of nitrogens with zero attached hydrogens (tertiary/aromatic N) is 4. The Hall–Kier alpha value is -2.82. The standard InChI is InChI=1S/C23H28N4O/c1-7-17(8-2)26-10-9-18-15(5)24-22-21(16(6)25-27(22)23(18)26)20-14(4)11-13(3)12-19(20)28/h9-12,17,28H,7-8H2,1-6H3. The normalized spacial score (nSPS) is 12.0. The third-order valence-corrected chi connectivity index (χ3v) is 5.83. The molecule has 28 heavy (non-hydrogen) atoms. The lowest BCUT2D eigenvalue weighted by atomic mass is 9.97. The first kappa shape index (κ1) is 18.5. The molecule has 0 radical (unpaired) electrons. The zero-order chi connectivity index (χ0) is 20.2. The third-order valence-electron chi connectivity index (χ3n) is 5.83. The molecular formula is C23H28N4O. The van der Waals surface area contributed by atoms with Crippen molar-refractivity contribution in [3.63, 3.8) is 0 Å². The molecule has 0 saturated carbocycles. The van der Waals surface area contributed by atoms with E-state index < -0.39 is 0 Å². The van der Waals surface area contributed by atoms with Gasteiger partial charge in [0.2, 0.25) is 0 Å². The van der Waals surface area contributed by atoms with Gasteiger partial charge in [-0.25, -0.2) is 4.98 Å². The molecule has 0 unspecified atom stereocenters. The van der Waals surface area contributed by atoms with Crippen molar-refractivity contribution in [2.24, 2.45) is 0 Å². The van der Waals surface area contributed by atoms with E-state index in [9.17, 15) is 5.11 Å². The predicted molar refractivity (Wildman–Crippen MR) is 114 cm³/mol. The zero-order valence-corrected chi connectivity index (χ0v) is 17.5. The molecule has 5 heteroatoms. The van der Waals surface area contributed by atoms with Crippen LogP contribution in [0, 0.1) is 27.7 Å². The monoisotopic (exact) mass is 376 g/mol. The Labute approximate surface area is 165 Å². The molecule has 0 bridgehead atoms. The van der Waals surface area contributed by atoms with Crippen LogP contribution in [0.1, 0.15) is 55.2 Å². The topological polar surface area (TPSA) is 55.3 Å². The molecule has 3 heterocycles. The molecule has 0 aliphatic rings. The number of aromatic nitrogens is 4. The summed E-state index contributed by atoms with van der Waals surface area (Å²) in [5.41, 5.74) is 7.55. The Morgan fingerprint density at radius 3 is 2.36 bits per heavy atom. The highest BCUT2D eigenvalue weighted by Crippen LogP contribution is 2.39. The highest BCUT2D eigenvalue weighted by Gasteiger charge is 2.23. The molecular weight excluding hydrogens is 348 g/mol. The number of benzene rings is 1. The van der Waals surface area contributed by atoms with Gasteiger partial charge in [-0.15, -0.1) is 0 Å². The molecule has 0 fully saturated rings. The molecule has 1 N–H and O–H groups in total. The van der Waals surface area contributed by atoms with E-state index in [1.165, 1.54) is 0 Å². The maximum Gasteiger partial charge on any atom is 0.165 e. The van der Waals surface area contributed by atoms with Crippen molar-refractivity contribution < 1.29 is 5.11 Å². The molecule has 4 rings (SSSR count). The van der Waals surface area contributed by atoms with Gasteiger partial charge in [-0.05, 0) is 63.8 Å². The van der Waals surface area contributed by atoms with Crippen LogP contribution in [0.5, 0.6) is 5.75 Å². The van der Waals surface area contributed by atoms with Gasteiger partial charge < -0.3 is 9.67 Å². The summed E-state index contributed by atoms with van der Waals surface area (Å²) < 4.78 is 4.29. The van der Waals surface area contributed by atoms with E-state index in [2.05, 4.69) is 36.7 Å². The van der Waals surface area contributed by atoms with Crippen LogP contribution in [0.2, 0.25) is 0 Å². The van der Waals surface area contributed by atoms with Crippen molar-refractivity contribution in [3.05, 3.63) is 46.9 Å². The number of aryl methyl sites for hydroxylation is 4. The van der Waals surface area contributed by atoms with Crippen molar-refractivity contribution in [1.82, 2.24) is 19.2 Å². The fourth-order valence-electron chi connectivity index (χ4n) is 4.47. The van der Waals surface area contributed by atoms with E-state index in [0.717, 1.165) is 63.2 Å². The van der Waals surface area contributed by atoms with Crippen LogP contribution in [0.4, 0.5) is 0 Å². The molecule has 3 aromatic heterocycles. The second-order valence-electron chi connectivity index (χ2n) is 7.80. The highest BCUT2D eigenvalue weighted by atomic mass is 16.3. The average Bonchev–Trinajstić information content (AvgIpc) is 3.19. The van der Waals surface area contributed by atoms with Crippen LogP contribution < -0.4 is 0 Å². The fourth-order valence-corrected chi connectivity index (χ4v) is 4.47. The molecule has 0 aliphatic carbocycles. The van der Waals surface area contributed by atoms with Gasteiger partial charge in [-0.1, -0.05) is 19.9 Å². The van der Waals surface area contributed by atoms with E-state index in [1.807, 2.05) is 38.3 Å². The lowest BCUT2D eigenvalue weighted by Gasteiger charge is -2.17. The van der Waals surface area contributed by atoms with Crippen LogP contribution in [-0.4, -0.2) is 24.3 Å². The van der Waals surface area contributed by atoms with Crippen LogP contribution in [0.25, 0.3) is 27.8 Å². The highest BCUT2D eigenvalue weighted by molar-refractivity contribution is 5.90. The maximum atomic E-state index is 10.7. The summed E-state index contributed by atoms with van der Waals surface area (Å²) in [6, 6.07) is 6.46. The Bertz CT molecular complexity index is 1170. The lowest BCUT2D eigenvalue weighted by molar-refractivity contribution is 0.476. The molecule has 0 atom stereocenters. The lowest BCUT2D eigenvalue weighted by Crippen LogP contribution is -2.09. The molecule has 5 nitrogen and oxygen atoms in total. The van der Waals surface area contributed by atoms with Gasteiger partial charge in [0.05, 0.1) is 17.0 Å². The second-order valence-corrected chi connectivity index (χ2v) is 7.80. The zero-order valence-electron chi connectivity index (χ0n) is 17.5. The summed E-state index contributed by atoms with van der Waals surface area (Å²) >= 11 is 0. The minimum atomic E-state index is 0.283. The second kappa shape index (κ2) is 6.66. The maximum absolute atomic E-state index is 10.7. The SMILES string of the molecule is CCC(CC)n1ccc2c(C)nc3c(-c4c(C)cc(C)cc4O)c(C)nn3c21. The smallest absolute Gasteiger partial charge is 0.165 e. The largest absolute Gasteiger partial charge is 0.507 e. The first-order valence-electron chi connectivity index (χ1n) is 10.0. The molecule has 146 valence electrons. The van der Waals surface area contributed by atoms with E-state index in [-0.39, 0.29) is 5.75 Å². The van der Waals surface area contributed by atoms with Gasteiger partial charge >= 0.3 is 0 Å². The number of phenols is 1. The van der Waals surface area contributed by atoms with Gasteiger partial charge in [0, 0.05) is 23.2 Å². The van der Waals surface area contributed by atoms with E-state index >= 15 is 0 Å². The van der Waals surface area contributed by atoms with Crippen molar-refractivity contribution in [2.75, 3.05) is 0 Å². The van der Waals surface area contributed by atoms with Crippen LogP contribution in [0.3, 0.4) is 0 Å². The summed E-state index contributed by atoms with van der Waals surface area (Å²) in [6.45, 7) is 12.5. The van der Waals surface area contributed by atoms with E-state index in [1.54, 1.807) is 0 Å². The van der Waals surface area contributed by atoms with Gasteiger partial charge in [0.1, 0.15) is 11.4 Å². The van der Waals surface area contributed by atoms with Crippen LogP contribution in [0.15, 0.2) is 24.4 Å². The predicted octanol–water partition coefficient (Wildman–Crippen LogP) is 5.65. The number of fused-ring (bicyclic) bond motifs is 3. The summed E-state index contributed by atoms with van der Waals surface area (Å²) in [6.07, 6.45) is 4.28. The van der Waals surface area contributed by atoms with Crippen molar-refractivity contribution in [3.8, 4) is 16.9 Å². The minimum Gasteiger partial charge on any atom is -0.507 e. The molecule has 0 spiro atoms. The molecule has 0 amide bonds. The molecule has 0 aliphatic heterocycles. The molecule has 4 aromatic rings. The molecule has 0 saturated heterocycles. The van der Waals surface area contributed by atoms with Gasteiger partial charge in [-0.2, -0.15) is 9.61 Å². The first-order valence-corrected chi connectivity index (χ1v) is 10.0. The summed E-state index contributed by atoms with van der Waals surface area (Å²) in [5, 5.41) is 16.7. The Kier molecular flexibility index (Phi) is 4.41. The van der Waals surface area contributed by atoms with E-state index in [0.29, 0.717) is 6.04 Å². The first-order chi connectivity index (χ1) is 13.4. The van der Waals surface area contributed by atoms with Gasteiger partial charge in [0.15, 0.2) is 5.65 Å². The van der Waals surface area contributed by atoms with Crippen molar-refractivity contribution in [1.29, 1.82) is 0 Å². The number of phenolic OH excluding ortho intramolecular Hbond substituents is 1.